The number of hydrogen-bond acceptors (Lipinski definition) is 2. The molecule has 1 aliphatic rings. The SMILES string of the molecule is [B]c1c(B2OC(C)(C)C(C)(C)O2)c([B])c2c3ccccc3n(-c3ccc(-c4ccccc4)cc3)c2c1[B]. The van der Waals surface area contributed by atoms with Gasteiger partial charge in [0, 0.05) is 16.6 Å². The number of hydrogen-bond donors (Lipinski definition) is 0. The lowest BCUT2D eigenvalue weighted by molar-refractivity contribution is 0.00578. The lowest BCUT2D eigenvalue weighted by Crippen LogP contribution is -2.57. The molecular weight excluding hydrogens is 450 g/mol. The Kier molecular flexibility index (Phi) is 5.52. The first-order chi connectivity index (χ1) is 17.6. The molecule has 174 valence electrons. The van der Waals surface area contributed by atoms with Crippen molar-refractivity contribution < 1.29 is 9.31 Å². The van der Waals surface area contributed by atoms with Crippen molar-refractivity contribution >= 4 is 74.3 Å². The molecule has 37 heavy (non-hydrogen) atoms. The van der Waals surface area contributed by atoms with Gasteiger partial charge >= 0.3 is 7.12 Å². The first-order valence-electron chi connectivity index (χ1n) is 12.5. The Morgan fingerprint density at radius 1 is 0.649 bits per heavy atom. The number of rotatable bonds is 3. The fourth-order valence-electron chi connectivity index (χ4n) is 5.24. The topological polar surface area (TPSA) is 23.4 Å². The maximum atomic E-state index is 6.89. The fraction of sp³-hybridized carbons (Fsp3) is 0.200. The molecule has 7 heteroatoms. The molecule has 2 heterocycles. The first kappa shape index (κ1) is 24.2. The number of benzene rings is 4. The highest BCUT2D eigenvalue weighted by Crippen LogP contribution is 2.37. The largest absolute Gasteiger partial charge is 0.493 e. The van der Waals surface area contributed by atoms with Crippen LogP contribution in [-0.4, -0.2) is 46.4 Å². The van der Waals surface area contributed by atoms with E-state index in [-0.39, 0.29) is 0 Å². The zero-order chi connectivity index (χ0) is 26.1. The van der Waals surface area contributed by atoms with E-state index >= 15 is 0 Å². The van der Waals surface area contributed by atoms with Crippen molar-refractivity contribution in [2.75, 3.05) is 0 Å². The van der Waals surface area contributed by atoms with Crippen LogP contribution in [-0.2, 0) is 9.31 Å². The highest BCUT2D eigenvalue weighted by molar-refractivity contribution is 6.77. The minimum absolute atomic E-state index is 0.383. The van der Waals surface area contributed by atoms with Gasteiger partial charge in [-0.3, -0.25) is 0 Å². The summed E-state index contributed by atoms with van der Waals surface area (Å²) in [7, 11) is 19.7. The van der Waals surface area contributed by atoms with E-state index in [1.807, 2.05) is 58.0 Å². The molecule has 5 aromatic rings. The van der Waals surface area contributed by atoms with Gasteiger partial charge in [0.1, 0.15) is 23.5 Å². The maximum absolute atomic E-state index is 6.89. The van der Waals surface area contributed by atoms with Crippen LogP contribution in [0.3, 0.4) is 0 Å². The van der Waals surface area contributed by atoms with Crippen LogP contribution in [0.15, 0.2) is 78.9 Å². The highest BCUT2D eigenvalue weighted by atomic mass is 16.7. The van der Waals surface area contributed by atoms with E-state index in [2.05, 4.69) is 53.1 Å². The third-order valence-corrected chi connectivity index (χ3v) is 7.99. The van der Waals surface area contributed by atoms with Crippen molar-refractivity contribution in [2.45, 2.75) is 38.9 Å². The Morgan fingerprint density at radius 3 is 1.86 bits per heavy atom. The predicted molar refractivity (Wildman–Crippen MR) is 158 cm³/mol. The third-order valence-electron chi connectivity index (χ3n) is 7.99. The third kappa shape index (κ3) is 3.63. The second kappa shape index (κ2) is 8.44. The second-order valence-electron chi connectivity index (χ2n) is 10.7. The molecule has 6 rings (SSSR count). The summed E-state index contributed by atoms with van der Waals surface area (Å²) in [5, 5.41) is 1.84. The summed E-state index contributed by atoms with van der Waals surface area (Å²) in [4.78, 5) is 0. The molecule has 0 aliphatic carbocycles. The summed E-state index contributed by atoms with van der Waals surface area (Å²) >= 11 is 0. The van der Waals surface area contributed by atoms with E-state index in [0.29, 0.717) is 21.9 Å². The van der Waals surface area contributed by atoms with Gasteiger partial charge in [-0.25, -0.2) is 0 Å². The molecule has 4 aromatic carbocycles. The minimum atomic E-state index is -0.719. The van der Waals surface area contributed by atoms with E-state index in [9.17, 15) is 0 Å². The molecule has 0 atom stereocenters. The maximum Gasteiger partial charge on any atom is 0.493 e. The summed E-state index contributed by atoms with van der Waals surface area (Å²) in [5.41, 5.74) is 5.94. The molecule has 0 bridgehead atoms. The van der Waals surface area contributed by atoms with E-state index in [0.717, 1.165) is 38.6 Å². The van der Waals surface area contributed by atoms with Gasteiger partial charge in [0.25, 0.3) is 0 Å². The molecular formula is C30H25B4NO2. The predicted octanol–water partition coefficient (Wildman–Crippen LogP) is 3.13. The molecule has 0 amide bonds. The molecule has 1 aliphatic heterocycles. The summed E-state index contributed by atoms with van der Waals surface area (Å²) in [6.45, 7) is 8.02. The normalized spacial score (nSPS) is 16.6. The Bertz CT molecular complexity index is 1640. The standard InChI is InChI=1S/C30H25B4NO2/c1-29(2)30(3,4)37-34(36-29)27-24(31)23-21-12-8-9-13-22(21)35(28(23)26(33)25(27)32)20-16-14-19(15-17-20)18-10-6-5-7-11-18/h5-17H,1-4H3. The number of aromatic nitrogens is 1. The average molecular weight is 475 g/mol. The van der Waals surface area contributed by atoms with Crippen LogP contribution in [0.2, 0.25) is 0 Å². The van der Waals surface area contributed by atoms with Crippen molar-refractivity contribution in [3.05, 3.63) is 78.9 Å². The Balaban J connectivity index is 1.59. The van der Waals surface area contributed by atoms with Gasteiger partial charge in [-0.2, -0.15) is 0 Å². The van der Waals surface area contributed by atoms with Crippen molar-refractivity contribution in [1.29, 1.82) is 0 Å². The Morgan fingerprint density at radius 2 is 1.22 bits per heavy atom. The van der Waals surface area contributed by atoms with Crippen LogP contribution >= 0.6 is 0 Å². The van der Waals surface area contributed by atoms with Gasteiger partial charge in [0.2, 0.25) is 0 Å². The van der Waals surface area contributed by atoms with Crippen molar-refractivity contribution in [2.24, 2.45) is 0 Å². The van der Waals surface area contributed by atoms with Gasteiger partial charge in [0.15, 0.2) is 0 Å². The lowest BCUT2D eigenvalue weighted by Gasteiger charge is -2.32. The second-order valence-corrected chi connectivity index (χ2v) is 10.7. The summed E-state index contributed by atoms with van der Waals surface area (Å²) < 4.78 is 14.8. The van der Waals surface area contributed by atoms with Crippen LogP contribution in [0.4, 0.5) is 0 Å². The van der Waals surface area contributed by atoms with E-state index in [4.69, 9.17) is 32.8 Å². The number of para-hydroxylation sites is 1. The number of fused-ring (bicyclic) bond motifs is 3. The van der Waals surface area contributed by atoms with Gasteiger partial charge < -0.3 is 13.9 Å². The lowest BCUT2D eigenvalue weighted by atomic mass is 9.60. The minimum Gasteiger partial charge on any atom is -0.399 e. The van der Waals surface area contributed by atoms with Crippen LogP contribution in [0, 0.1) is 0 Å². The molecule has 0 spiro atoms. The molecule has 1 aromatic heterocycles. The zero-order valence-corrected chi connectivity index (χ0v) is 21.6. The van der Waals surface area contributed by atoms with Crippen molar-refractivity contribution in [3.8, 4) is 16.8 Å². The van der Waals surface area contributed by atoms with Crippen LogP contribution < -0.4 is 21.9 Å². The molecule has 6 radical (unpaired) electrons. The van der Waals surface area contributed by atoms with Gasteiger partial charge in [0.05, 0.1) is 16.7 Å². The molecule has 3 nitrogen and oxygen atoms in total. The monoisotopic (exact) mass is 475 g/mol. The van der Waals surface area contributed by atoms with Gasteiger partial charge in [-0.15, -0.1) is 5.46 Å². The van der Waals surface area contributed by atoms with Gasteiger partial charge in [-0.05, 0) is 67.9 Å². The molecule has 0 unspecified atom stereocenters. The number of nitrogens with zero attached hydrogens (tertiary/aromatic N) is 1. The van der Waals surface area contributed by atoms with E-state index in [1.165, 1.54) is 0 Å². The summed E-state index contributed by atoms with van der Waals surface area (Å²) in [5.74, 6) is 0. The molecule has 0 N–H and O–H groups in total. The fourth-order valence-corrected chi connectivity index (χ4v) is 5.24. The van der Waals surface area contributed by atoms with E-state index in [1.54, 1.807) is 0 Å². The van der Waals surface area contributed by atoms with Crippen molar-refractivity contribution in [1.82, 2.24) is 4.57 Å². The summed E-state index contributed by atoms with van der Waals surface area (Å²) in [6, 6.07) is 26.9. The Labute approximate surface area is 222 Å². The smallest absolute Gasteiger partial charge is 0.399 e. The average Bonchev–Trinajstić information content (AvgIpc) is 3.33. The first-order valence-corrected chi connectivity index (χ1v) is 12.5. The Hall–Kier alpha value is -3.14. The molecule has 0 saturated carbocycles. The quantitative estimate of drug-likeness (QED) is 0.375. The van der Waals surface area contributed by atoms with Crippen LogP contribution in [0.5, 0.6) is 0 Å². The zero-order valence-electron chi connectivity index (χ0n) is 21.6. The molecule has 1 saturated heterocycles. The van der Waals surface area contributed by atoms with E-state index < -0.39 is 18.3 Å². The van der Waals surface area contributed by atoms with Crippen LogP contribution in [0.1, 0.15) is 27.7 Å². The van der Waals surface area contributed by atoms with Crippen molar-refractivity contribution in [3.63, 3.8) is 0 Å². The summed E-state index contributed by atoms with van der Waals surface area (Å²) in [6.07, 6.45) is 0. The highest BCUT2D eigenvalue weighted by Gasteiger charge is 2.52. The molecule has 1 fully saturated rings. The van der Waals surface area contributed by atoms with Gasteiger partial charge in [-0.1, -0.05) is 71.6 Å². The van der Waals surface area contributed by atoms with Crippen LogP contribution in [0.25, 0.3) is 38.6 Å².